The molecule has 4 aliphatic rings. The molecule has 2 fully saturated rings. The van der Waals surface area contributed by atoms with Crippen molar-refractivity contribution in [1.29, 1.82) is 0 Å². The number of amides is 1. The van der Waals surface area contributed by atoms with Crippen LogP contribution in [0.2, 0.25) is 5.02 Å². The van der Waals surface area contributed by atoms with E-state index >= 15 is 0 Å². The number of hydrogen-bond donors (Lipinski definition) is 5. The molecular weight excluding hydrogens is 538 g/mol. The summed E-state index contributed by atoms with van der Waals surface area (Å²) in [5.74, 6) is -6.78. The number of hydrogen-bond acceptors (Lipinski definition) is 9. The van der Waals surface area contributed by atoms with Crippen molar-refractivity contribution >= 4 is 34.8 Å². The van der Waals surface area contributed by atoms with E-state index in [9.17, 15) is 34.8 Å². The van der Waals surface area contributed by atoms with Crippen LogP contribution in [0.25, 0.3) is 5.76 Å². The van der Waals surface area contributed by atoms with Gasteiger partial charge in [-0.15, -0.1) is 0 Å². The fourth-order valence-electron chi connectivity index (χ4n) is 7.45. The highest BCUT2D eigenvalue weighted by molar-refractivity contribution is 6.32. The van der Waals surface area contributed by atoms with E-state index in [1.807, 2.05) is 0 Å². The van der Waals surface area contributed by atoms with E-state index in [0.717, 1.165) is 19.3 Å². The number of aliphatic hydroxyl groups excluding tert-OH is 2. The first kappa shape index (κ1) is 28.6. The largest absolute Gasteiger partial charge is 0.508 e. The highest BCUT2D eigenvalue weighted by Gasteiger charge is 2.64. The number of benzene rings is 1. The van der Waals surface area contributed by atoms with Crippen molar-refractivity contribution < 1.29 is 34.8 Å². The molecule has 1 amide bonds. The molecule has 1 aliphatic heterocycles. The fourth-order valence-corrected chi connectivity index (χ4v) is 7.73. The molecule has 5 rings (SSSR count). The van der Waals surface area contributed by atoms with Gasteiger partial charge in [0.25, 0.3) is 5.91 Å². The Morgan fingerprint density at radius 1 is 1.18 bits per heavy atom. The number of carbonyl (C=O) groups is 3. The third-order valence-electron chi connectivity index (χ3n) is 9.46. The van der Waals surface area contributed by atoms with E-state index < -0.39 is 58.0 Å². The molecule has 1 aromatic rings. The third kappa shape index (κ3) is 3.99. The number of phenolic OH excluding ortho intramolecular Hbond substituents is 1. The number of halogens is 1. The molecule has 0 radical (unpaired) electrons. The summed E-state index contributed by atoms with van der Waals surface area (Å²) in [6.45, 7) is 4.84. The Morgan fingerprint density at radius 2 is 1.80 bits per heavy atom. The van der Waals surface area contributed by atoms with Gasteiger partial charge in [0.15, 0.2) is 11.4 Å². The van der Waals surface area contributed by atoms with Crippen LogP contribution in [0.5, 0.6) is 5.75 Å². The van der Waals surface area contributed by atoms with E-state index in [1.165, 1.54) is 11.0 Å². The first-order valence-corrected chi connectivity index (χ1v) is 14.0. The number of carbonyl (C=O) groups excluding carboxylic acids is 3. The van der Waals surface area contributed by atoms with Crippen molar-refractivity contribution in [3.63, 3.8) is 0 Å². The van der Waals surface area contributed by atoms with Crippen LogP contribution in [0.1, 0.15) is 56.2 Å². The number of rotatable bonds is 4. The van der Waals surface area contributed by atoms with Crippen LogP contribution in [0.4, 0.5) is 0 Å². The van der Waals surface area contributed by atoms with Gasteiger partial charge in [-0.25, -0.2) is 0 Å². The Bertz CT molecular complexity index is 1380. The molecule has 216 valence electrons. The molecule has 1 saturated carbocycles. The van der Waals surface area contributed by atoms with Crippen LogP contribution < -0.4 is 5.73 Å². The average Bonchev–Trinajstić information content (AvgIpc) is 2.86. The summed E-state index contributed by atoms with van der Waals surface area (Å²) in [5.41, 5.74) is 2.87. The second kappa shape index (κ2) is 9.87. The van der Waals surface area contributed by atoms with Gasteiger partial charge in [-0.1, -0.05) is 18.0 Å². The summed E-state index contributed by atoms with van der Waals surface area (Å²) in [7, 11) is 3.13. The minimum absolute atomic E-state index is 0.00443. The van der Waals surface area contributed by atoms with Gasteiger partial charge in [0, 0.05) is 35.1 Å². The van der Waals surface area contributed by atoms with Crippen LogP contribution in [0.15, 0.2) is 23.0 Å². The number of piperidine rings is 1. The first-order valence-electron chi connectivity index (χ1n) is 13.6. The zero-order valence-electron chi connectivity index (χ0n) is 23.1. The zero-order valence-corrected chi connectivity index (χ0v) is 23.8. The normalized spacial score (nSPS) is 32.7. The molecule has 0 aromatic heterocycles. The van der Waals surface area contributed by atoms with Crippen molar-refractivity contribution in [2.24, 2.45) is 17.6 Å². The first-order chi connectivity index (χ1) is 18.7. The molecule has 1 heterocycles. The molecule has 0 spiro atoms. The van der Waals surface area contributed by atoms with E-state index in [2.05, 4.69) is 18.7 Å². The number of nitrogens with zero attached hydrogens (tertiary/aromatic N) is 2. The van der Waals surface area contributed by atoms with Crippen molar-refractivity contribution in [1.82, 2.24) is 9.80 Å². The molecule has 11 heteroatoms. The lowest BCUT2D eigenvalue weighted by atomic mass is 9.57. The Balaban J connectivity index is 1.63. The highest BCUT2D eigenvalue weighted by atomic mass is 35.5. The maximum absolute atomic E-state index is 13.9. The Kier molecular flexibility index (Phi) is 7.06. The van der Waals surface area contributed by atoms with E-state index in [-0.39, 0.29) is 29.7 Å². The highest BCUT2D eigenvalue weighted by Crippen LogP contribution is 2.53. The number of fused-ring (bicyclic) bond motifs is 3. The number of aliphatic hydroxyl groups is 3. The summed E-state index contributed by atoms with van der Waals surface area (Å²) in [4.78, 5) is 43.1. The topological polar surface area (TPSA) is 165 Å². The van der Waals surface area contributed by atoms with Crippen LogP contribution in [-0.2, 0) is 27.3 Å². The second-order valence-corrected chi connectivity index (χ2v) is 12.4. The summed E-state index contributed by atoms with van der Waals surface area (Å²) < 4.78 is 0. The number of primary amides is 1. The lowest BCUT2D eigenvalue weighted by molar-refractivity contribution is -0.153. The van der Waals surface area contributed by atoms with E-state index in [1.54, 1.807) is 14.1 Å². The fraction of sp³-hybridized carbons (Fsp3) is 0.552. The monoisotopic (exact) mass is 573 g/mol. The van der Waals surface area contributed by atoms with Gasteiger partial charge in [0.2, 0.25) is 5.78 Å². The van der Waals surface area contributed by atoms with Gasteiger partial charge in [-0.05, 0) is 76.7 Å². The van der Waals surface area contributed by atoms with Crippen LogP contribution in [0.3, 0.4) is 0 Å². The maximum atomic E-state index is 13.9. The second-order valence-electron chi connectivity index (χ2n) is 12.0. The van der Waals surface area contributed by atoms with Crippen molar-refractivity contribution in [2.75, 3.05) is 14.1 Å². The SMILES string of the molecule is C[C@@H]1CCC[C@H](C)N1Cc1cc(O)c2c(c1Cl)C[C@H]1C[C@H]3[C@H](N(C)C)C(=O)C(C(N)=O)=C(O)[C@@]3(O)C(=O)C1=C2O. The van der Waals surface area contributed by atoms with Crippen molar-refractivity contribution in [3.8, 4) is 5.75 Å². The van der Waals surface area contributed by atoms with E-state index in [0.29, 0.717) is 34.8 Å². The summed E-state index contributed by atoms with van der Waals surface area (Å²) in [6.07, 6.45) is 3.46. The molecule has 1 saturated heterocycles. The number of Topliss-reactive ketones (excluding diaryl/α,β-unsaturated/α-hetero) is 2. The lowest BCUT2D eigenvalue weighted by Crippen LogP contribution is -2.65. The van der Waals surface area contributed by atoms with Gasteiger partial charge in [0.1, 0.15) is 22.8 Å². The Hall–Kier alpha value is -2.92. The number of likely N-dealkylation sites (N-methyl/N-ethyl adjacent to an activating group) is 1. The maximum Gasteiger partial charge on any atom is 0.255 e. The number of aromatic hydroxyl groups is 1. The van der Waals surface area contributed by atoms with Crippen molar-refractivity contribution in [3.05, 3.63) is 44.7 Å². The number of likely N-dealkylation sites (tertiary alicyclic amines) is 1. The minimum Gasteiger partial charge on any atom is -0.508 e. The zero-order chi connectivity index (χ0) is 29.4. The Morgan fingerprint density at radius 3 is 2.38 bits per heavy atom. The molecular formula is C29H36ClN3O7. The summed E-state index contributed by atoms with van der Waals surface area (Å²) >= 11 is 6.92. The molecule has 6 N–H and O–H groups in total. The molecule has 6 atom stereocenters. The summed E-state index contributed by atoms with van der Waals surface area (Å²) in [6, 6.07) is 1.05. The average molecular weight is 574 g/mol. The molecule has 40 heavy (non-hydrogen) atoms. The number of phenols is 1. The van der Waals surface area contributed by atoms with Crippen molar-refractivity contribution in [2.45, 2.75) is 76.2 Å². The predicted molar refractivity (Wildman–Crippen MR) is 148 cm³/mol. The number of nitrogens with two attached hydrogens (primary N) is 1. The van der Waals surface area contributed by atoms with Gasteiger partial charge in [0.05, 0.1) is 11.6 Å². The smallest absolute Gasteiger partial charge is 0.255 e. The molecule has 0 unspecified atom stereocenters. The lowest BCUT2D eigenvalue weighted by Gasteiger charge is -2.50. The molecule has 0 bridgehead atoms. The molecule has 3 aliphatic carbocycles. The minimum atomic E-state index is -2.66. The molecule has 1 aromatic carbocycles. The standard InChI is InChI=1S/C29H36ClN3O7/c1-12-6-5-7-13(2)33(12)11-15-10-18(34)20-16(22(15)30)8-14-9-17-23(32(3)4)25(36)21(28(31)39)27(38)29(17,40)26(37)19(14)24(20)35/h10,12-14,17,23,34-35,38,40H,5-9,11H2,1-4H3,(H2,31,39)/t12-,13+,14-,17-,23-,29-/m0/s1. The molecule has 10 nitrogen and oxygen atoms in total. The third-order valence-corrected chi connectivity index (χ3v) is 9.93. The van der Waals surface area contributed by atoms with Gasteiger partial charge >= 0.3 is 0 Å². The van der Waals surface area contributed by atoms with Crippen LogP contribution >= 0.6 is 11.6 Å². The van der Waals surface area contributed by atoms with Gasteiger partial charge in [-0.2, -0.15) is 0 Å². The van der Waals surface area contributed by atoms with Crippen LogP contribution in [0, 0.1) is 11.8 Å². The summed E-state index contributed by atoms with van der Waals surface area (Å²) in [5, 5.41) is 45.5. The van der Waals surface area contributed by atoms with Crippen LogP contribution in [-0.4, -0.2) is 85.5 Å². The Labute approximate surface area is 237 Å². The van der Waals surface area contributed by atoms with Gasteiger partial charge < -0.3 is 26.2 Å². The van der Waals surface area contributed by atoms with Gasteiger partial charge in [-0.3, -0.25) is 24.2 Å². The predicted octanol–water partition coefficient (Wildman–Crippen LogP) is 2.38. The quantitative estimate of drug-likeness (QED) is 0.340. The number of ketones is 2. The van der Waals surface area contributed by atoms with E-state index in [4.69, 9.17) is 17.3 Å².